The Morgan fingerprint density at radius 2 is 1.76 bits per heavy atom. The third-order valence-corrected chi connectivity index (χ3v) is 3.34. The van der Waals surface area contributed by atoms with Gasteiger partial charge in [-0.25, -0.2) is 9.97 Å². The first-order chi connectivity index (χ1) is 8.19. The summed E-state index contributed by atoms with van der Waals surface area (Å²) in [5.74, 6) is 0. The molecule has 0 bridgehead atoms. The van der Waals surface area contributed by atoms with Gasteiger partial charge in [0.25, 0.3) is 0 Å². The summed E-state index contributed by atoms with van der Waals surface area (Å²) >= 11 is 1.56. The van der Waals surface area contributed by atoms with Crippen molar-refractivity contribution in [3.8, 4) is 0 Å². The fraction of sp³-hybridized carbons (Fsp3) is 0.231. The summed E-state index contributed by atoms with van der Waals surface area (Å²) in [4.78, 5) is 9.96. The number of rotatable bonds is 3. The Morgan fingerprint density at radius 3 is 2.41 bits per heavy atom. The molecule has 1 heterocycles. The summed E-state index contributed by atoms with van der Waals surface area (Å²) in [6.45, 7) is 4.50. The lowest BCUT2D eigenvalue weighted by Gasteiger charge is -2.06. The molecule has 1 aromatic heterocycles. The van der Waals surface area contributed by atoms with Gasteiger partial charge >= 0.3 is 0 Å². The van der Waals surface area contributed by atoms with Gasteiger partial charge in [-0.15, -0.1) is 0 Å². The maximum absolute atomic E-state index is 5.71. The molecular weight excluding hydrogens is 230 g/mol. The van der Waals surface area contributed by atoms with Crippen LogP contribution in [0.3, 0.4) is 0 Å². The lowest BCUT2D eigenvalue weighted by molar-refractivity contribution is 0.900. The Labute approximate surface area is 105 Å². The van der Waals surface area contributed by atoms with E-state index in [0.29, 0.717) is 6.54 Å². The molecule has 0 fully saturated rings. The van der Waals surface area contributed by atoms with Crippen LogP contribution in [0.25, 0.3) is 0 Å². The average molecular weight is 245 g/mol. The lowest BCUT2D eigenvalue weighted by Crippen LogP contribution is -1.99. The van der Waals surface area contributed by atoms with Crippen molar-refractivity contribution in [2.75, 3.05) is 0 Å². The van der Waals surface area contributed by atoms with Gasteiger partial charge in [0.15, 0.2) is 5.16 Å². The molecule has 0 aliphatic rings. The monoisotopic (exact) mass is 245 g/mol. The van der Waals surface area contributed by atoms with Gasteiger partial charge in [-0.05, 0) is 43.3 Å². The number of nitrogens with zero attached hydrogens (tertiary/aromatic N) is 2. The maximum Gasteiger partial charge on any atom is 0.192 e. The number of nitrogens with two attached hydrogens (primary N) is 1. The maximum atomic E-state index is 5.71. The van der Waals surface area contributed by atoms with Crippen molar-refractivity contribution in [1.82, 2.24) is 9.97 Å². The van der Waals surface area contributed by atoms with E-state index in [2.05, 4.69) is 9.97 Å². The molecule has 0 aliphatic heterocycles. The molecule has 88 valence electrons. The van der Waals surface area contributed by atoms with Crippen LogP contribution < -0.4 is 5.73 Å². The van der Waals surface area contributed by atoms with E-state index in [1.807, 2.05) is 44.2 Å². The molecule has 4 heteroatoms. The highest BCUT2D eigenvalue weighted by atomic mass is 32.2. The van der Waals surface area contributed by atoms with Crippen LogP contribution in [0.2, 0.25) is 0 Å². The molecule has 0 unspecified atom stereocenters. The van der Waals surface area contributed by atoms with Crippen LogP contribution in [0.5, 0.6) is 0 Å². The third kappa shape index (κ3) is 3.05. The van der Waals surface area contributed by atoms with E-state index in [4.69, 9.17) is 5.73 Å². The second-order valence-corrected chi connectivity index (χ2v) is 4.86. The van der Waals surface area contributed by atoms with Gasteiger partial charge in [0.05, 0.1) is 0 Å². The van der Waals surface area contributed by atoms with E-state index in [9.17, 15) is 0 Å². The molecule has 2 rings (SSSR count). The Bertz CT molecular complexity index is 506. The summed E-state index contributed by atoms with van der Waals surface area (Å²) < 4.78 is 0. The Kier molecular flexibility index (Phi) is 3.76. The molecule has 0 radical (unpaired) electrons. The molecule has 0 saturated carbocycles. The van der Waals surface area contributed by atoms with E-state index >= 15 is 0 Å². The molecule has 2 N–H and O–H groups in total. The van der Waals surface area contributed by atoms with Gasteiger partial charge in [-0.2, -0.15) is 0 Å². The lowest BCUT2D eigenvalue weighted by atomic mass is 10.2. The molecule has 0 spiro atoms. The zero-order chi connectivity index (χ0) is 12.3. The van der Waals surface area contributed by atoms with Crippen molar-refractivity contribution in [2.45, 2.75) is 30.4 Å². The van der Waals surface area contributed by atoms with E-state index in [0.717, 1.165) is 27.0 Å². The highest BCUT2D eigenvalue weighted by Crippen LogP contribution is 2.27. The minimum absolute atomic E-state index is 0.536. The fourth-order valence-electron chi connectivity index (χ4n) is 1.61. The molecule has 2 aromatic rings. The van der Waals surface area contributed by atoms with Crippen LogP contribution in [0, 0.1) is 13.8 Å². The summed E-state index contributed by atoms with van der Waals surface area (Å²) in [7, 11) is 0. The Balaban J connectivity index is 2.31. The standard InChI is InChI=1S/C13H15N3S/c1-9-7-10(2)16-13(15-9)17-12-6-4-3-5-11(12)8-14/h3-7H,8,14H2,1-2H3. The summed E-state index contributed by atoms with van der Waals surface area (Å²) in [6, 6.07) is 10.1. The van der Waals surface area contributed by atoms with Crippen LogP contribution in [-0.4, -0.2) is 9.97 Å². The van der Waals surface area contributed by atoms with Crippen molar-refractivity contribution < 1.29 is 0 Å². The van der Waals surface area contributed by atoms with Gasteiger partial charge in [-0.1, -0.05) is 18.2 Å². The predicted molar refractivity (Wildman–Crippen MR) is 70.0 cm³/mol. The van der Waals surface area contributed by atoms with Gasteiger partial charge in [0.1, 0.15) is 0 Å². The SMILES string of the molecule is Cc1cc(C)nc(Sc2ccccc2CN)n1. The molecule has 0 amide bonds. The van der Waals surface area contributed by atoms with Crippen molar-refractivity contribution in [3.63, 3.8) is 0 Å². The number of benzene rings is 1. The minimum Gasteiger partial charge on any atom is -0.326 e. The van der Waals surface area contributed by atoms with Crippen molar-refractivity contribution in [3.05, 3.63) is 47.3 Å². The molecule has 1 aromatic carbocycles. The minimum atomic E-state index is 0.536. The second-order valence-electron chi connectivity index (χ2n) is 3.85. The van der Waals surface area contributed by atoms with Gasteiger partial charge < -0.3 is 5.73 Å². The second kappa shape index (κ2) is 5.29. The molecule has 0 aliphatic carbocycles. The zero-order valence-electron chi connectivity index (χ0n) is 9.97. The Hall–Kier alpha value is -1.39. The largest absolute Gasteiger partial charge is 0.326 e. The summed E-state index contributed by atoms with van der Waals surface area (Å²) in [6.07, 6.45) is 0. The summed E-state index contributed by atoms with van der Waals surface area (Å²) in [5.41, 5.74) is 8.82. The number of aromatic nitrogens is 2. The molecular formula is C13H15N3S. The van der Waals surface area contributed by atoms with Crippen LogP contribution >= 0.6 is 11.8 Å². The molecule has 17 heavy (non-hydrogen) atoms. The van der Waals surface area contributed by atoms with Crippen molar-refractivity contribution >= 4 is 11.8 Å². The molecule has 0 atom stereocenters. The highest BCUT2D eigenvalue weighted by molar-refractivity contribution is 7.99. The average Bonchev–Trinajstić information content (AvgIpc) is 2.28. The van der Waals surface area contributed by atoms with Gasteiger partial charge in [0, 0.05) is 22.8 Å². The molecule has 0 saturated heterocycles. The smallest absolute Gasteiger partial charge is 0.192 e. The molecule has 3 nitrogen and oxygen atoms in total. The third-order valence-electron chi connectivity index (χ3n) is 2.36. The Morgan fingerprint density at radius 1 is 1.12 bits per heavy atom. The van der Waals surface area contributed by atoms with E-state index < -0.39 is 0 Å². The first-order valence-electron chi connectivity index (χ1n) is 5.47. The van der Waals surface area contributed by atoms with Crippen LogP contribution in [0.15, 0.2) is 40.4 Å². The van der Waals surface area contributed by atoms with E-state index in [1.165, 1.54) is 0 Å². The van der Waals surface area contributed by atoms with Gasteiger partial charge in [0.2, 0.25) is 0 Å². The van der Waals surface area contributed by atoms with Crippen molar-refractivity contribution in [2.24, 2.45) is 5.73 Å². The fourth-order valence-corrected chi connectivity index (χ4v) is 2.61. The quantitative estimate of drug-likeness (QED) is 0.845. The summed E-state index contributed by atoms with van der Waals surface area (Å²) in [5, 5.41) is 0.781. The number of hydrogen-bond acceptors (Lipinski definition) is 4. The highest BCUT2D eigenvalue weighted by Gasteiger charge is 2.05. The van der Waals surface area contributed by atoms with E-state index in [1.54, 1.807) is 11.8 Å². The zero-order valence-corrected chi connectivity index (χ0v) is 10.8. The topological polar surface area (TPSA) is 51.8 Å². The normalized spacial score (nSPS) is 10.5. The van der Waals surface area contributed by atoms with Gasteiger partial charge in [-0.3, -0.25) is 0 Å². The first kappa shape index (κ1) is 12.1. The van der Waals surface area contributed by atoms with Crippen molar-refractivity contribution in [1.29, 1.82) is 0 Å². The first-order valence-corrected chi connectivity index (χ1v) is 6.29. The van der Waals surface area contributed by atoms with Crippen LogP contribution in [0.4, 0.5) is 0 Å². The van der Waals surface area contributed by atoms with Crippen LogP contribution in [-0.2, 0) is 6.54 Å². The number of aryl methyl sites for hydroxylation is 2. The predicted octanol–water partition coefficient (Wildman–Crippen LogP) is 2.70. The van der Waals surface area contributed by atoms with E-state index in [-0.39, 0.29) is 0 Å². The number of hydrogen-bond donors (Lipinski definition) is 1. The van der Waals surface area contributed by atoms with Crippen LogP contribution in [0.1, 0.15) is 17.0 Å².